The lowest BCUT2D eigenvalue weighted by Gasteiger charge is -2.22. The SMILES string of the molecule is COc1cc(OC)cc(C(=O)NCCOc2ccccc2C(C)(C)C)c1. The molecule has 0 aliphatic rings. The first-order valence-electron chi connectivity index (χ1n) is 8.58. The Hall–Kier alpha value is -2.69. The summed E-state index contributed by atoms with van der Waals surface area (Å²) in [6.07, 6.45) is 0. The number of carbonyl (C=O) groups is 1. The fraction of sp³-hybridized carbons (Fsp3) is 0.381. The Balaban J connectivity index is 1.94. The highest BCUT2D eigenvalue weighted by atomic mass is 16.5. The molecule has 140 valence electrons. The standard InChI is InChI=1S/C21H27NO4/c1-21(2,3)18-8-6-7-9-19(18)26-11-10-22-20(23)15-12-16(24-4)14-17(13-15)25-5/h6-9,12-14H,10-11H2,1-5H3,(H,22,23). The monoisotopic (exact) mass is 357 g/mol. The van der Waals surface area contributed by atoms with Crippen LogP contribution in [-0.4, -0.2) is 33.3 Å². The van der Waals surface area contributed by atoms with Crippen molar-refractivity contribution in [2.24, 2.45) is 0 Å². The van der Waals surface area contributed by atoms with Crippen molar-refractivity contribution in [3.05, 3.63) is 53.6 Å². The third-order valence-corrected chi connectivity index (χ3v) is 3.95. The summed E-state index contributed by atoms with van der Waals surface area (Å²) in [7, 11) is 3.11. The molecule has 2 aromatic carbocycles. The van der Waals surface area contributed by atoms with Crippen molar-refractivity contribution in [3.8, 4) is 17.2 Å². The summed E-state index contributed by atoms with van der Waals surface area (Å²) in [5.74, 6) is 1.79. The molecule has 0 saturated heterocycles. The number of methoxy groups -OCH3 is 2. The molecular formula is C21H27NO4. The van der Waals surface area contributed by atoms with Crippen molar-refractivity contribution >= 4 is 5.91 Å². The average Bonchev–Trinajstić information content (AvgIpc) is 2.64. The van der Waals surface area contributed by atoms with Crippen LogP contribution in [0.15, 0.2) is 42.5 Å². The highest BCUT2D eigenvalue weighted by molar-refractivity contribution is 5.95. The van der Waals surface area contributed by atoms with Crippen molar-refractivity contribution in [2.45, 2.75) is 26.2 Å². The van der Waals surface area contributed by atoms with Gasteiger partial charge in [-0.3, -0.25) is 4.79 Å². The Bertz CT molecular complexity index is 728. The van der Waals surface area contributed by atoms with E-state index >= 15 is 0 Å². The first-order chi connectivity index (χ1) is 12.3. The Kier molecular flexibility index (Phi) is 6.50. The van der Waals surface area contributed by atoms with Gasteiger partial charge < -0.3 is 19.5 Å². The molecule has 0 bridgehead atoms. The number of para-hydroxylation sites is 1. The molecule has 1 amide bonds. The Morgan fingerprint density at radius 2 is 1.62 bits per heavy atom. The van der Waals surface area contributed by atoms with Crippen molar-refractivity contribution in [1.29, 1.82) is 0 Å². The van der Waals surface area contributed by atoms with Crippen LogP contribution in [0.1, 0.15) is 36.7 Å². The lowest BCUT2D eigenvalue weighted by Crippen LogP contribution is -2.28. The second-order valence-electron chi connectivity index (χ2n) is 6.95. The fourth-order valence-corrected chi connectivity index (χ4v) is 2.58. The van der Waals surface area contributed by atoms with E-state index in [1.807, 2.05) is 18.2 Å². The van der Waals surface area contributed by atoms with Gasteiger partial charge in [-0.05, 0) is 29.2 Å². The van der Waals surface area contributed by atoms with E-state index in [0.717, 1.165) is 11.3 Å². The number of hydrogen-bond acceptors (Lipinski definition) is 4. The summed E-state index contributed by atoms with van der Waals surface area (Å²) in [6, 6.07) is 13.0. The maximum absolute atomic E-state index is 12.3. The highest BCUT2D eigenvalue weighted by Crippen LogP contribution is 2.30. The third-order valence-electron chi connectivity index (χ3n) is 3.95. The maximum Gasteiger partial charge on any atom is 0.251 e. The first-order valence-corrected chi connectivity index (χ1v) is 8.58. The van der Waals surface area contributed by atoms with Crippen molar-refractivity contribution in [1.82, 2.24) is 5.32 Å². The molecule has 2 rings (SSSR count). The number of hydrogen-bond donors (Lipinski definition) is 1. The zero-order valence-corrected chi connectivity index (χ0v) is 16.1. The third kappa shape index (κ3) is 5.15. The van der Waals surface area contributed by atoms with Crippen LogP contribution in [0.4, 0.5) is 0 Å². The second kappa shape index (κ2) is 8.61. The van der Waals surface area contributed by atoms with E-state index in [-0.39, 0.29) is 11.3 Å². The molecule has 0 fully saturated rings. The van der Waals surface area contributed by atoms with Crippen LogP contribution in [0.2, 0.25) is 0 Å². The molecule has 0 unspecified atom stereocenters. The van der Waals surface area contributed by atoms with Gasteiger partial charge in [0.25, 0.3) is 5.91 Å². The molecule has 0 saturated carbocycles. The molecule has 5 nitrogen and oxygen atoms in total. The lowest BCUT2D eigenvalue weighted by molar-refractivity contribution is 0.0946. The molecule has 0 aliphatic carbocycles. The van der Waals surface area contributed by atoms with E-state index in [9.17, 15) is 4.79 Å². The van der Waals surface area contributed by atoms with E-state index in [0.29, 0.717) is 30.2 Å². The van der Waals surface area contributed by atoms with E-state index in [1.54, 1.807) is 32.4 Å². The molecule has 0 aromatic heterocycles. The number of ether oxygens (including phenoxy) is 3. The van der Waals surface area contributed by atoms with Crippen LogP contribution in [-0.2, 0) is 5.41 Å². The Morgan fingerprint density at radius 3 is 2.19 bits per heavy atom. The van der Waals surface area contributed by atoms with Crippen LogP contribution in [0.25, 0.3) is 0 Å². The molecule has 1 N–H and O–H groups in total. The Morgan fingerprint density at radius 1 is 1.00 bits per heavy atom. The van der Waals surface area contributed by atoms with E-state index in [2.05, 4.69) is 32.2 Å². The van der Waals surface area contributed by atoms with Gasteiger partial charge in [0, 0.05) is 11.6 Å². The molecule has 5 heteroatoms. The summed E-state index contributed by atoms with van der Waals surface area (Å²) in [5.41, 5.74) is 1.62. The number of benzene rings is 2. The summed E-state index contributed by atoms with van der Waals surface area (Å²) in [5, 5.41) is 2.85. The number of nitrogens with one attached hydrogen (secondary N) is 1. The summed E-state index contributed by atoms with van der Waals surface area (Å²) in [4.78, 5) is 12.3. The molecule has 26 heavy (non-hydrogen) atoms. The van der Waals surface area contributed by atoms with Crippen LogP contribution >= 0.6 is 0 Å². The van der Waals surface area contributed by atoms with Gasteiger partial charge in [0.05, 0.1) is 20.8 Å². The minimum absolute atomic E-state index is 0.00299. The molecule has 0 radical (unpaired) electrons. The van der Waals surface area contributed by atoms with Gasteiger partial charge in [-0.1, -0.05) is 39.0 Å². The number of amides is 1. The van der Waals surface area contributed by atoms with Gasteiger partial charge in [0.15, 0.2) is 0 Å². The lowest BCUT2D eigenvalue weighted by atomic mass is 9.86. The van der Waals surface area contributed by atoms with Gasteiger partial charge in [0.2, 0.25) is 0 Å². The molecule has 0 aliphatic heterocycles. The van der Waals surface area contributed by atoms with Crippen molar-refractivity contribution in [3.63, 3.8) is 0 Å². The molecule has 0 spiro atoms. The van der Waals surface area contributed by atoms with Crippen LogP contribution in [0.5, 0.6) is 17.2 Å². The van der Waals surface area contributed by atoms with Crippen LogP contribution < -0.4 is 19.5 Å². The average molecular weight is 357 g/mol. The summed E-state index contributed by atoms with van der Waals surface area (Å²) >= 11 is 0. The van der Waals surface area contributed by atoms with E-state index in [4.69, 9.17) is 14.2 Å². The molecule has 2 aromatic rings. The number of rotatable bonds is 7. The normalized spacial score (nSPS) is 11.0. The fourth-order valence-electron chi connectivity index (χ4n) is 2.58. The zero-order chi connectivity index (χ0) is 19.2. The van der Waals surface area contributed by atoms with Crippen molar-refractivity contribution in [2.75, 3.05) is 27.4 Å². The van der Waals surface area contributed by atoms with Gasteiger partial charge in [-0.15, -0.1) is 0 Å². The first kappa shape index (κ1) is 19.6. The Labute approximate surface area is 155 Å². The number of carbonyl (C=O) groups excluding carboxylic acids is 1. The molecule has 0 heterocycles. The smallest absolute Gasteiger partial charge is 0.251 e. The summed E-state index contributed by atoms with van der Waals surface area (Å²) < 4.78 is 16.3. The molecule has 0 atom stereocenters. The summed E-state index contributed by atoms with van der Waals surface area (Å²) in [6.45, 7) is 7.23. The minimum Gasteiger partial charge on any atom is -0.497 e. The molecular weight excluding hydrogens is 330 g/mol. The second-order valence-corrected chi connectivity index (χ2v) is 6.95. The van der Waals surface area contributed by atoms with Crippen LogP contribution in [0.3, 0.4) is 0 Å². The van der Waals surface area contributed by atoms with Gasteiger partial charge >= 0.3 is 0 Å². The van der Waals surface area contributed by atoms with E-state index in [1.165, 1.54) is 0 Å². The maximum atomic E-state index is 12.3. The zero-order valence-electron chi connectivity index (χ0n) is 16.1. The van der Waals surface area contributed by atoms with Crippen LogP contribution in [0, 0.1) is 0 Å². The van der Waals surface area contributed by atoms with Gasteiger partial charge in [0.1, 0.15) is 23.9 Å². The highest BCUT2D eigenvalue weighted by Gasteiger charge is 2.18. The van der Waals surface area contributed by atoms with E-state index < -0.39 is 0 Å². The van der Waals surface area contributed by atoms with Gasteiger partial charge in [-0.25, -0.2) is 0 Å². The minimum atomic E-state index is -0.199. The van der Waals surface area contributed by atoms with Crippen molar-refractivity contribution < 1.29 is 19.0 Å². The van der Waals surface area contributed by atoms with Gasteiger partial charge in [-0.2, -0.15) is 0 Å². The predicted octanol–water partition coefficient (Wildman–Crippen LogP) is 3.81. The largest absolute Gasteiger partial charge is 0.497 e. The predicted molar refractivity (Wildman–Crippen MR) is 103 cm³/mol. The quantitative estimate of drug-likeness (QED) is 0.766. The topological polar surface area (TPSA) is 56.8 Å².